The van der Waals surface area contributed by atoms with Crippen LogP contribution in [0.15, 0.2) is 39.3 Å². The van der Waals surface area contributed by atoms with E-state index in [0.29, 0.717) is 36.0 Å². The fraction of sp³-hybridized carbons (Fsp3) is 0.519. The number of carbonyl (C=O) groups is 2. The van der Waals surface area contributed by atoms with Crippen molar-refractivity contribution >= 4 is 35.0 Å². The number of amides is 1. The van der Waals surface area contributed by atoms with Crippen molar-refractivity contribution in [2.24, 2.45) is 23.9 Å². The Labute approximate surface area is 243 Å². The Morgan fingerprint density at radius 3 is 2.49 bits per heavy atom. The first kappa shape index (κ1) is 27.2. The van der Waals surface area contributed by atoms with Crippen LogP contribution >= 0.6 is 0 Å². The summed E-state index contributed by atoms with van der Waals surface area (Å²) in [6.45, 7) is 1.93. The number of alkyl halides is 2. The highest BCUT2D eigenvalue weighted by Gasteiger charge is 2.72. The first-order valence-electron chi connectivity index (χ1n) is 14.2. The van der Waals surface area contributed by atoms with Crippen LogP contribution in [0.3, 0.4) is 0 Å². The molecular formula is C27H30F2N10O4. The third-order valence-corrected chi connectivity index (χ3v) is 9.03. The van der Waals surface area contributed by atoms with E-state index in [1.807, 2.05) is 0 Å². The van der Waals surface area contributed by atoms with E-state index >= 15 is 0 Å². The molecule has 5 aliphatic rings. The topological polar surface area (TPSA) is 159 Å². The Balaban J connectivity index is 1.07. The first-order valence-corrected chi connectivity index (χ1v) is 14.2. The number of anilines is 3. The average molecular weight is 597 g/mol. The third kappa shape index (κ3) is 4.21. The number of nitrogens with zero attached hydrogens (tertiary/aromatic N) is 7. The molecule has 0 spiro atoms. The van der Waals surface area contributed by atoms with E-state index in [2.05, 4.69) is 30.9 Å². The summed E-state index contributed by atoms with van der Waals surface area (Å²) in [6, 6.07) is 0. The average Bonchev–Trinajstić information content (AvgIpc) is 3.70. The number of nitrogens with one attached hydrogen (secondary N) is 3. The van der Waals surface area contributed by atoms with Crippen molar-refractivity contribution < 1.29 is 18.4 Å². The number of hydrogen-bond acceptors (Lipinski definition) is 11. The molecule has 7 rings (SSSR count). The lowest BCUT2D eigenvalue weighted by Gasteiger charge is -2.29. The lowest BCUT2D eigenvalue weighted by Crippen LogP contribution is -2.53. The zero-order valence-corrected chi connectivity index (χ0v) is 23.5. The van der Waals surface area contributed by atoms with Crippen LogP contribution in [0.25, 0.3) is 0 Å². The Hall–Kier alpha value is -4.63. The van der Waals surface area contributed by atoms with Gasteiger partial charge in [0.25, 0.3) is 11.5 Å². The molecule has 0 bridgehead atoms. The van der Waals surface area contributed by atoms with Gasteiger partial charge in [-0.3, -0.25) is 23.5 Å². The zero-order valence-electron chi connectivity index (χ0n) is 23.5. The second-order valence-electron chi connectivity index (χ2n) is 11.6. The number of carbonyl (C=O) groups excluding carboxylic acids is 2. The van der Waals surface area contributed by atoms with Gasteiger partial charge in [0.2, 0.25) is 11.9 Å². The van der Waals surface area contributed by atoms with E-state index in [4.69, 9.17) is 0 Å². The molecule has 2 aliphatic carbocycles. The standard InChI is InChI=1S/C27H30F2N10O4/c1-3-15(40)10-38-22(41)19-21(36(2)25(38)43)33-13-39(19)26(5-6-26)23(42)35-18-4-7-30-20(34-18)14-8-31-24(32-9-14)37-11-16-17(12-37)27(16,28)29/h4,7-9,16-18,33H,3,5-6,10-13H2,1-2H3,(H,30,34)(H,35,42). The molecule has 2 saturated carbocycles. The Morgan fingerprint density at radius 2 is 1.84 bits per heavy atom. The third-order valence-electron chi connectivity index (χ3n) is 9.03. The molecule has 3 fully saturated rings. The van der Waals surface area contributed by atoms with Crippen LogP contribution in [-0.2, 0) is 23.2 Å². The normalized spacial score (nSPS) is 25.3. The van der Waals surface area contributed by atoms with E-state index in [-0.39, 0.29) is 50.1 Å². The number of fused-ring (bicyclic) bond motifs is 2. The van der Waals surface area contributed by atoms with Crippen LogP contribution in [0.1, 0.15) is 31.7 Å². The summed E-state index contributed by atoms with van der Waals surface area (Å²) in [6.07, 6.45) is 6.87. The van der Waals surface area contributed by atoms with Crippen molar-refractivity contribution in [2.45, 2.75) is 50.4 Å². The van der Waals surface area contributed by atoms with Gasteiger partial charge >= 0.3 is 5.69 Å². The predicted molar refractivity (Wildman–Crippen MR) is 151 cm³/mol. The largest absolute Gasteiger partial charge is 0.352 e. The predicted octanol–water partition coefficient (Wildman–Crippen LogP) is -0.255. The molecule has 3 unspecified atom stereocenters. The van der Waals surface area contributed by atoms with Crippen molar-refractivity contribution in [3.05, 3.63) is 51.1 Å². The molecule has 3 aliphatic heterocycles. The molecule has 3 N–H and O–H groups in total. The van der Waals surface area contributed by atoms with Gasteiger partial charge in [0.1, 0.15) is 29.0 Å². The first-order chi connectivity index (χ1) is 20.5. The number of halogens is 2. The van der Waals surface area contributed by atoms with Crippen molar-refractivity contribution in [3.63, 3.8) is 0 Å². The summed E-state index contributed by atoms with van der Waals surface area (Å²) >= 11 is 0. The maximum atomic E-state index is 13.7. The highest BCUT2D eigenvalue weighted by atomic mass is 19.3. The van der Waals surface area contributed by atoms with E-state index in [0.717, 1.165) is 4.57 Å². The smallest absolute Gasteiger partial charge is 0.332 e. The Bertz CT molecular complexity index is 1700. The molecular weight excluding hydrogens is 566 g/mol. The maximum absolute atomic E-state index is 13.7. The van der Waals surface area contributed by atoms with Crippen LogP contribution in [0, 0.1) is 11.8 Å². The lowest BCUT2D eigenvalue weighted by atomic mass is 10.2. The summed E-state index contributed by atoms with van der Waals surface area (Å²) in [5, 5.41) is 9.02. The molecule has 226 valence electrons. The minimum absolute atomic E-state index is 0.146. The quantitative estimate of drug-likeness (QED) is 0.371. The molecule has 0 radical (unpaired) electrons. The SMILES string of the molecule is CCC(=O)Cn1c(=O)c2c(n(C)c1=O)NCN2C1(C(=O)NC2C=CNC(c3cnc(N4CC5C(C4)C5(F)F)nc3)=N2)CC1. The fourth-order valence-corrected chi connectivity index (χ4v) is 6.18. The highest BCUT2D eigenvalue weighted by Crippen LogP contribution is 2.59. The maximum Gasteiger partial charge on any atom is 0.332 e. The number of Topliss-reactive ketones (excluding diaryl/α,β-unsaturated/α-hetero) is 1. The van der Waals surface area contributed by atoms with Gasteiger partial charge in [-0.1, -0.05) is 6.92 Å². The molecule has 0 aromatic carbocycles. The second-order valence-corrected chi connectivity index (χ2v) is 11.6. The summed E-state index contributed by atoms with van der Waals surface area (Å²) in [4.78, 5) is 68.7. The zero-order chi connectivity index (χ0) is 30.3. The number of hydrogen-bond donors (Lipinski definition) is 3. The molecule has 14 nitrogen and oxygen atoms in total. The second kappa shape index (κ2) is 9.44. The van der Waals surface area contributed by atoms with Gasteiger partial charge in [0.05, 0.1) is 30.6 Å². The van der Waals surface area contributed by atoms with Gasteiger partial charge in [-0.15, -0.1) is 0 Å². The minimum atomic E-state index is -2.58. The monoisotopic (exact) mass is 596 g/mol. The van der Waals surface area contributed by atoms with Crippen molar-refractivity contribution in [1.82, 2.24) is 29.7 Å². The molecule has 43 heavy (non-hydrogen) atoms. The van der Waals surface area contributed by atoms with Crippen molar-refractivity contribution in [1.29, 1.82) is 0 Å². The number of aromatic nitrogens is 4. The van der Waals surface area contributed by atoms with E-state index in [9.17, 15) is 28.0 Å². The van der Waals surface area contributed by atoms with E-state index < -0.39 is 40.7 Å². The van der Waals surface area contributed by atoms with Gasteiger partial charge in [-0.2, -0.15) is 0 Å². The van der Waals surface area contributed by atoms with Gasteiger partial charge in [0.15, 0.2) is 5.78 Å². The van der Waals surface area contributed by atoms with Crippen LogP contribution in [0.5, 0.6) is 0 Å². The molecule has 2 aromatic heterocycles. The van der Waals surface area contributed by atoms with Gasteiger partial charge < -0.3 is 25.8 Å². The molecule has 16 heteroatoms. The minimum Gasteiger partial charge on any atom is -0.352 e. The Morgan fingerprint density at radius 1 is 1.14 bits per heavy atom. The van der Waals surface area contributed by atoms with E-state index in [1.54, 1.807) is 41.4 Å². The Kier molecular flexibility index (Phi) is 5.97. The number of ketones is 1. The van der Waals surface area contributed by atoms with Crippen LogP contribution in [0.4, 0.5) is 26.2 Å². The summed E-state index contributed by atoms with van der Waals surface area (Å²) in [5.74, 6) is -3.31. The summed E-state index contributed by atoms with van der Waals surface area (Å²) < 4.78 is 29.3. The van der Waals surface area contributed by atoms with E-state index in [1.165, 1.54) is 11.6 Å². The number of amidine groups is 1. The lowest BCUT2D eigenvalue weighted by molar-refractivity contribution is -0.123. The number of aliphatic imine (C=N–C) groups is 1. The van der Waals surface area contributed by atoms with Gasteiger partial charge in [-0.05, 0) is 18.9 Å². The van der Waals surface area contributed by atoms with Crippen molar-refractivity contribution in [3.8, 4) is 0 Å². The molecule has 3 atom stereocenters. The molecule has 1 amide bonds. The summed E-state index contributed by atoms with van der Waals surface area (Å²) in [7, 11) is 1.52. The molecule has 1 saturated heterocycles. The number of piperidine rings is 1. The highest BCUT2D eigenvalue weighted by molar-refractivity contribution is 6.00. The molecule has 2 aromatic rings. The fourth-order valence-electron chi connectivity index (χ4n) is 6.18. The number of rotatable bonds is 8. The molecule has 5 heterocycles. The van der Waals surface area contributed by atoms with Gasteiger partial charge in [0, 0.05) is 45.2 Å². The van der Waals surface area contributed by atoms with Crippen LogP contribution in [-0.4, -0.2) is 74.0 Å². The van der Waals surface area contributed by atoms with Crippen LogP contribution in [0.2, 0.25) is 0 Å². The summed E-state index contributed by atoms with van der Waals surface area (Å²) in [5.41, 5.74) is -1.50. The van der Waals surface area contributed by atoms with Crippen molar-refractivity contribution in [2.75, 3.05) is 34.9 Å². The van der Waals surface area contributed by atoms with Crippen LogP contribution < -0.4 is 37.0 Å². The van der Waals surface area contributed by atoms with Gasteiger partial charge in [-0.25, -0.2) is 28.5 Å².